The topological polar surface area (TPSA) is 68.3 Å². The molecule has 0 aromatic carbocycles. The monoisotopic (exact) mass is 290 g/mol. The number of amides is 1. The maximum atomic E-state index is 11.6. The summed E-state index contributed by atoms with van der Waals surface area (Å²) in [4.78, 5) is 26.8. The van der Waals surface area contributed by atoms with Gasteiger partial charge in [-0.05, 0) is 20.8 Å². The number of ether oxygens (including phenoxy) is 1. The first-order valence-electron chi connectivity index (χ1n) is 5.36. The van der Waals surface area contributed by atoms with Gasteiger partial charge in [-0.15, -0.1) is 11.3 Å². The molecule has 1 amide bonds. The van der Waals surface area contributed by atoms with E-state index in [1.807, 2.05) is 0 Å². The minimum atomic E-state index is -0.582. The van der Waals surface area contributed by atoms with Crippen molar-refractivity contribution < 1.29 is 14.3 Å². The van der Waals surface area contributed by atoms with Gasteiger partial charge in [0.15, 0.2) is 4.47 Å². The van der Waals surface area contributed by atoms with Crippen LogP contribution in [0.3, 0.4) is 0 Å². The van der Waals surface area contributed by atoms with E-state index in [0.717, 1.165) is 11.2 Å². The van der Waals surface area contributed by atoms with Crippen molar-refractivity contribution in [2.24, 2.45) is 0 Å². The lowest BCUT2D eigenvalue weighted by Gasteiger charge is -2.22. The number of alkyl carbamates (subject to hydrolysis) is 1. The molecule has 1 N–H and O–H groups in total. The fourth-order valence-corrected chi connectivity index (χ4v) is 2.24. The summed E-state index contributed by atoms with van der Waals surface area (Å²) in [5.74, 6) is 0. The molecular weight excluding hydrogens is 276 g/mol. The van der Waals surface area contributed by atoms with Gasteiger partial charge >= 0.3 is 6.09 Å². The Labute approximate surface area is 115 Å². The zero-order chi connectivity index (χ0) is 13.8. The summed E-state index contributed by atoms with van der Waals surface area (Å²) in [5.41, 5.74) is -0.582. The highest BCUT2D eigenvalue weighted by atomic mass is 35.5. The van der Waals surface area contributed by atoms with Crippen LogP contribution in [0.25, 0.3) is 0 Å². The van der Waals surface area contributed by atoms with Crippen LogP contribution in [0.2, 0.25) is 4.47 Å². The number of halogens is 1. The molecule has 1 heterocycles. The Hall–Kier alpha value is -1.14. The van der Waals surface area contributed by atoms with Gasteiger partial charge in [0.1, 0.15) is 11.9 Å². The molecule has 0 spiro atoms. The van der Waals surface area contributed by atoms with E-state index in [9.17, 15) is 9.59 Å². The molecule has 5 nitrogen and oxygen atoms in total. The molecule has 100 valence electrons. The van der Waals surface area contributed by atoms with Crippen LogP contribution in [0.4, 0.5) is 4.79 Å². The molecule has 0 aliphatic carbocycles. The SMILES string of the molecule is CC(C)(C)OC(=O)N[C@@H](CC=O)c1cnc(Cl)s1. The van der Waals surface area contributed by atoms with E-state index in [0.29, 0.717) is 4.47 Å². The summed E-state index contributed by atoms with van der Waals surface area (Å²) < 4.78 is 5.50. The van der Waals surface area contributed by atoms with Crippen molar-refractivity contribution in [3.8, 4) is 0 Å². The van der Waals surface area contributed by atoms with E-state index >= 15 is 0 Å². The smallest absolute Gasteiger partial charge is 0.408 e. The Balaban J connectivity index is 2.69. The van der Waals surface area contributed by atoms with Gasteiger partial charge in [0.05, 0.1) is 6.04 Å². The van der Waals surface area contributed by atoms with Crippen molar-refractivity contribution in [2.45, 2.75) is 38.8 Å². The lowest BCUT2D eigenvalue weighted by molar-refractivity contribution is -0.108. The number of hydrogen-bond acceptors (Lipinski definition) is 5. The highest BCUT2D eigenvalue weighted by molar-refractivity contribution is 7.15. The molecule has 0 bridgehead atoms. The fourth-order valence-electron chi connectivity index (χ4n) is 1.22. The van der Waals surface area contributed by atoms with Gasteiger partial charge in [-0.3, -0.25) is 0 Å². The second-order valence-corrected chi connectivity index (χ2v) is 6.26. The minimum Gasteiger partial charge on any atom is -0.444 e. The molecule has 18 heavy (non-hydrogen) atoms. The van der Waals surface area contributed by atoms with Crippen molar-refractivity contribution in [1.29, 1.82) is 0 Å². The molecule has 1 atom stereocenters. The number of nitrogens with zero attached hydrogens (tertiary/aromatic N) is 1. The minimum absolute atomic E-state index is 0.151. The summed E-state index contributed by atoms with van der Waals surface area (Å²) >= 11 is 6.94. The molecule has 0 saturated carbocycles. The van der Waals surface area contributed by atoms with Gasteiger partial charge in [-0.1, -0.05) is 11.6 Å². The fraction of sp³-hybridized carbons (Fsp3) is 0.545. The third-order valence-corrected chi connectivity index (χ3v) is 3.09. The Kier molecular flexibility index (Phi) is 5.10. The quantitative estimate of drug-likeness (QED) is 0.866. The summed E-state index contributed by atoms with van der Waals surface area (Å²) in [6, 6.07) is -0.456. The first-order chi connectivity index (χ1) is 8.31. The highest BCUT2D eigenvalue weighted by Gasteiger charge is 2.21. The second-order valence-electron chi connectivity index (χ2n) is 4.62. The maximum Gasteiger partial charge on any atom is 0.408 e. The van der Waals surface area contributed by atoms with Crippen LogP contribution < -0.4 is 5.32 Å². The highest BCUT2D eigenvalue weighted by Crippen LogP contribution is 2.26. The van der Waals surface area contributed by atoms with Gasteiger partial charge in [-0.25, -0.2) is 9.78 Å². The molecule has 1 aromatic rings. The number of aromatic nitrogens is 1. The molecule has 0 fully saturated rings. The normalized spacial score (nSPS) is 12.9. The summed E-state index contributed by atoms with van der Waals surface area (Å²) in [7, 11) is 0. The molecule has 0 aliphatic heterocycles. The average molecular weight is 291 g/mol. The molecule has 0 radical (unpaired) electrons. The van der Waals surface area contributed by atoms with E-state index in [4.69, 9.17) is 16.3 Å². The van der Waals surface area contributed by atoms with Gasteiger partial charge in [0.25, 0.3) is 0 Å². The van der Waals surface area contributed by atoms with Crippen LogP contribution in [0.15, 0.2) is 6.20 Å². The Morgan fingerprint density at radius 3 is 2.78 bits per heavy atom. The molecule has 1 rings (SSSR count). The molecule has 0 unspecified atom stereocenters. The number of aldehydes is 1. The number of carbonyl (C=O) groups is 2. The maximum absolute atomic E-state index is 11.6. The third kappa shape index (κ3) is 5.01. The Morgan fingerprint density at radius 1 is 1.67 bits per heavy atom. The third-order valence-electron chi connectivity index (χ3n) is 1.86. The Bertz CT molecular complexity index is 428. The molecule has 1 aromatic heterocycles. The lowest BCUT2D eigenvalue weighted by atomic mass is 10.2. The summed E-state index contributed by atoms with van der Waals surface area (Å²) in [6.45, 7) is 5.31. The van der Waals surface area contributed by atoms with Crippen molar-refractivity contribution in [3.63, 3.8) is 0 Å². The van der Waals surface area contributed by atoms with Gasteiger partial charge in [0, 0.05) is 17.5 Å². The van der Waals surface area contributed by atoms with Crippen molar-refractivity contribution in [3.05, 3.63) is 15.5 Å². The van der Waals surface area contributed by atoms with Crippen molar-refractivity contribution >= 4 is 35.3 Å². The van der Waals surface area contributed by atoms with E-state index in [1.165, 1.54) is 11.3 Å². The number of rotatable bonds is 4. The standard InChI is InChI=1S/C11H15ClN2O3S/c1-11(2,3)17-10(16)14-7(4-5-15)8-6-13-9(12)18-8/h5-7H,4H2,1-3H3,(H,14,16)/t7-/m0/s1. The lowest BCUT2D eigenvalue weighted by Crippen LogP contribution is -2.34. The van der Waals surface area contributed by atoms with Crippen LogP contribution in [0, 0.1) is 0 Å². The van der Waals surface area contributed by atoms with Gasteiger partial charge < -0.3 is 14.8 Å². The number of carbonyl (C=O) groups excluding carboxylic acids is 2. The van der Waals surface area contributed by atoms with Crippen LogP contribution >= 0.6 is 22.9 Å². The average Bonchev–Trinajstić information content (AvgIpc) is 2.61. The van der Waals surface area contributed by atoms with E-state index < -0.39 is 17.7 Å². The zero-order valence-corrected chi connectivity index (χ0v) is 12.0. The predicted octanol–water partition coefficient (Wildman–Crippen LogP) is 2.95. The van der Waals surface area contributed by atoms with E-state index in [1.54, 1.807) is 27.0 Å². The zero-order valence-electron chi connectivity index (χ0n) is 10.4. The first kappa shape index (κ1) is 14.9. The molecule has 0 aliphatic rings. The van der Waals surface area contributed by atoms with Gasteiger partial charge in [0.2, 0.25) is 0 Å². The summed E-state index contributed by atoms with van der Waals surface area (Å²) in [5, 5.41) is 2.62. The van der Waals surface area contributed by atoms with Gasteiger partial charge in [-0.2, -0.15) is 0 Å². The van der Waals surface area contributed by atoms with Crippen LogP contribution in [-0.4, -0.2) is 23.0 Å². The Morgan fingerprint density at radius 2 is 2.33 bits per heavy atom. The molecule has 7 heteroatoms. The molecular formula is C11H15ClN2O3S. The number of hydrogen-bond donors (Lipinski definition) is 1. The van der Waals surface area contributed by atoms with E-state index in [2.05, 4.69) is 10.3 Å². The van der Waals surface area contributed by atoms with E-state index in [-0.39, 0.29) is 6.42 Å². The molecule has 0 saturated heterocycles. The number of thiazole rings is 1. The van der Waals surface area contributed by atoms with Crippen molar-refractivity contribution in [2.75, 3.05) is 0 Å². The van der Waals surface area contributed by atoms with Crippen LogP contribution in [0.1, 0.15) is 38.1 Å². The largest absolute Gasteiger partial charge is 0.444 e. The predicted molar refractivity (Wildman–Crippen MR) is 69.9 cm³/mol. The van der Waals surface area contributed by atoms with Crippen LogP contribution in [-0.2, 0) is 9.53 Å². The van der Waals surface area contributed by atoms with Crippen molar-refractivity contribution in [1.82, 2.24) is 10.3 Å². The second kappa shape index (κ2) is 6.15. The first-order valence-corrected chi connectivity index (χ1v) is 6.55. The summed E-state index contributed by atoms with van der Waals surface area (Å²) in [6.07, 6.45) is 1.85. The number of nitrogens with one attached hydrogen (secondary N) is 1. The van der Waals surface area contributed by atoms with Crippen LogP contribution in [0.5, 0.6) is 0 Å².